The van der Waals surface area contributed by atoms with Crippen LogP contribution in [0.5, 0.6) is 0 Å². The van der Waals surface area contributed by atoms with Gasteiger partial charge in [0.2, 0.25) is 0 Å². The molecule has 0 aromatic heterocycles. The van der Waals surface area contributed by atoms with E-state index in [1.54, 1.807) is 0 Å². The summed E-state index contributed by atoms with van der Waals surface area (Å²) in [6, 6.07) is 0. The molecule has 1 fully saturated rings. The zero-order chi connectivity index (χ0) is 10.1. The Balaban J connectivity index is 2.17. The molecule has 13 heavy (non-hydrogen) atoms. The lowest BCUT2D eigenvalue weighted by atomic mass is 10.1. The van der Waals surface area contributed by atoms with Crippen molar-refractivity contribution in [2.75, 3.05) is 0 Å². The van der Waals surface area contributed by atoms with E-state index >= 15 is 0 Å². The van der Waals surface area contributed by atoms with Crippen LogP contribution >= 0.6 is 0 Å². The molecule has 0 bridgehead atoms. The summed E-state index contributed by atoms with van der Waals surface area (Å²) < 4.78 is 35.4. The number of alkyl halides is 3. The molecule has 1 saturated carbocycles. The van der Waals surface area contributed by atoms with Gasteiger partial charge in [0, 0.05) is 0 Å². The molecule has 0 aromatic rings. The lowest BCUT2D eigenvalue weighted by Crippen LogP contribution is -2.29. The Hall–Kier alpha value is -0.290. The second-order valence-corrected chi connectivity index (χ2v) is 3.54. The van der Waals surface area contributed by atoms with Crippen molar-refractivity contribution in [1.29, 1.82) is 0 Å². The minimum absolute atomic E-state index is 0.0331. The maximum Gasteiger partial charge on any atom is 0.414 e. The van der Waals surface area contributed by atoms with Crippen LogP contribution in [0.4, 0.5) is 13.2 Å². The van der Waals surface area contributed by atoms with Crippen LogP contribution in [0.25, 0.3) is 0 Å². The van der Waals surface area contributed by atoms with Crippen LogP contribution in [0.15, 0.2) is 0 Å². The quantitative estimate of drug-likeness (QED) is 0.718. The summed E-state index contributed by atoms with van der Waals surface area (Å²) in [5.41, 5.74) is 0. The molecule has 78 valence electrons. The molecular weight excluding hydrogens is 185 g/mol. The van der Waals surface area contributed by atoms with Gasteiger partial charge in [-0.1, -0.05) is 0 Å². The zero-order valence-electron chi connectivity index (χ0n) is 7.09. The van der Waals surface area contributed by atoms with E-state index in [9.17, 15) is 18.3 Å². The summed E-state index contributed by atoms with van der Waals surface area (Å²) in [5.74, 6) is 0.167. The predicted molar refractivity (Wildman–Crippen MR) is 40.0 cm³/mol. The number of hydrogen-bond acceptors (Lipinski definition) is 2. The van der Waals surface area contributed by atoms with Crippen LogP contribution in [-0.2, 0) is 0 Å². The van der Waals surface area contributed by atoms with E-state index in [0.29, 0.717) is 0 Å². The Labute approximate surface area is 74.4 Å². The summed E-state index contributed by atoms with van der Waals surface area (Å²) >= 11 is 0. The van der Waals surface area contributed by atoms with Gasteiger partial charge in [-0.25, -0.2) is 0 Å². The van der Waals surface area contributed by atoms with Crippen molar-refractivity contribution in [1.82, 2.24) is 0 Å². The van der Waals surface area contributed by atoms with Gasteiger partial charge in [-0.2, -0.15) is 13.2 Å². The number of rotatable bonds is 4. The molecule has 1 rings (SSSR count). The van der Waals surface area contributed by atoms with Crippen molar-refractivity contribution < 1.29 is 23.4 Å². The molecule has 2 unspecified atom stereocenters. The van der Waals surface area contributed by atoms with Crippen molar-refractivity contribution in [3.8, 4) is 0 Å². The highest BCUT2D eigenvalue weighted by molar-refractivity contribution is 4.81. The first kappa shape index (κ1) is 10.8. The molecule has 0 radical (unpaired) electrons. The van der Waals surface area contributed by atoms with Crippen LogP contribution < -0.4 is 0 Å². The lowest BCUT2D eigenvalue weighted by molar-refractivity contribution is -0.206. The fourth-order valence-corrected chi connectivity index (χ4v) is 1.21. The molecule has 0 heterocycles. The van der Waals surface area contributed by atoms with Gasteiger partial charge in [-0.15, -0.1) is 0 Å². The van der Waals surface area contributed by atoms with Crippen molar-refractivity contribution in [2.45, 2.75) is 44.1 Å². The third kappa shape index (κ3) is 3.52. The molecule has 5 heteroatoms. The molecule has 1 aliphatic carbocycles. The highest BCUT2D eigenvalue weighted by Crippen LogP contribution is 2.35. The molecule has 2 N–H and O–H groups in total. The first-order chi connectivity index (χ1) is 5.91. The largest absolute Gasteiger partial charge is 0.414 e. The monoisotopic (exact) mass is 198 g/mol. The van der Waals surface area contributed by atoms with Crippen LogP contribution in [0.3, 0.4) is 0 Å². The molecule has 0 spiro atoms. The van der Waals surface area contributed by atoms with Crippen molar-refractivity contribution in [3.63, 3.8) is 0 Å². The molecule has 2 atom stereocenters. The minimum atomic E-state index is -4.55. The smallest absolute Gasteiger partial charge is 0.393 e. The second kappa shape index (κ2) is 3.84. The molecule has 0 aliphatic heterocycles. The van der Waals surface area contributed by atoms with Crippen molar-refractivity contribution >= 4 is 0 Å². The molecule has 0 aromatic carbocycles. The Morgan fingerprint density at radius 1 is 1.15 bits per heavy atom. The highest BCUT2D eigenvalue weighted by Gasteiger charge is 2.39. The van der Waals surface area contributed by atoms with E-state index < -0.39 is 24.8 Å². The Morgan fingerprint density at radius 3 is 2.08 bits per heavy atom. The van der Waals surface area contributed by atoms with Gasteiger partial charge in [0.1, 0.15) is 6.10 Å². The van der Waals surface area contributed by atoms with Crippen LogP contribution in [0.1, 0.15) is 25.7 Å². The Morgan fingerprint density at radius 2 is 1.69 bits per heavy atom. The molecular formula is C8H13F3O2. The second-order valence-electron chi connectivity index (χ2n) is 3.54. The summed E-state index contributed by atoms with van der Waals surface area (Å²) in [5, 5.41) is 17.8. The van der Waals surface area contributed by atoms with Gasteiger partial charge in [0.25, 0.3) is 0 Å². The summed E-state index contributed by atoms with van der Waals surface area (Å²) in [6.45, 7) is 0. The lowest BCUT2D eigenvalue weighted by Gasteiger charge is -2.16. The molecule has 0 amide bonds. The van der Waals surface area contributed by atoms with E-state index in [4.69, 9.17) is 5.11 Å². The first-order valence-electron chi connectivity index (χ1n) is 4.34. The SMILES string of the molecule is OC(CCC(O)C(F)(F)F)C1CC1. The molecule has 2 nitrogen and oxygen atoms in total. The van der Waals surface area contributed by atoms with Gasteiger partial charge in [-0.3, -0.25) is 0 Å². The number of hydrogen-bond donors (Lipinski definition) is 2. The fraction of sp³-hybridized carbons (Fsp3) is 1.00. The fourth-order valence-electron chi connectivity index (χ4n) is 1.21. The number of aliphatic hydroxyl groups is 2. The van der Waals surface area contributed by atoms with Crippen molar-refractivity contribution in [2.24, 2.45) is 5.92 Å². The Kier molecular flexibility index (Phi) is 3.18. The summed E-state index contributed by atoms with van der Waals surface area (Å²) in [4.78, 5) is 0. The minimum Gasteiger partial charge on any atom is -0.393 e. The summed E-state index contributed by atoms with van der Waals surface area (Å²) in [7, 11) is 0. The topological polar surface area (TPSA) is 40.5 Å². The van der Waals surface area contributed by atoms with Gasteiger partial charge in [0.05, 0.1) is 6.10 Å². The zero-order valence-corrected chi connectivity index (χ0v) is 7.09. The highest BCUT2D eigenvalue weighted by atomic mass is 19.4. The normalized spacial score (nSPS) is 22.8. The number of aliphatic hydroxyl groups excluding tert-OH is 2. The van der Waals surface area contributed by atoms with Gasteiger partial charge >= 0.3 is 6.18 Å². The molecule has 0 saturated heterocycles. The van der Waals surface area contributed by atoms with Crippen LogP contribution in [0.2, 0.25) is 0 Å². The standard InChI is InChI=1S/C8H13F3O2/c9-8(10,11)7(13)4-3-6(12)5-1-2-5/h5-7,12-13H,1-4H2. The summed E-state index contributed by atoms with van der Waals surface area (Å²) in [6.07, 6.45) is -6.10. The van der Waals surface area contributed by atoms with Gasteiger partial charge in [0.15, 0.2) is 0 Å². The number of halogens is 3. The van der Waals surface area contributed by atoms with E-state index in [1.807, 2.05) is 0 Å². The van der Waals surface area contributed by atoms with E-state index in [0.717, 1.165) is 12.8 Å². The van der Waals surface area contributed by atoms with E-state index in [2.05, 4.69) is 0 Å². The van der Waals surface area contributed by atoms with E-state index in [-0.39, 0.29) is 12.3 Å². The Bertz CT molecular complexity index is 165. The third-order valence-electron chi connectivity index (χ3n) is 2.28. The van der Waals surface area contributed by atoms with Gasteiger partial charge in [-0.05, 0) is 31.6 Å². The van der Waals surface area contributed by atoms with Crippen LogP contribution in [0, 0.1) is 5.92 Å². The maximum absolute atomic E-state index is 11.8. The van der Waals surface area contributed by atoms with E-state index in [1.165, 1.54) is 0 Å². The maximum atomic E-state index is 11.8. The van der Waals surface area contributed by atoms with Gasteiger partial charge < -0.3 is 10.2 Å². The molecule has 1 aliphatic rings. The first-order valence-corrected chi connectivity index (χ1v) is 4.34. The predicted octanol–water partition coefficient (Wildman–Crippen LogP) is 1.46. The third-order valence-corrected chi connectivity index (χ3v) is 2.28. The van der Waals surface area contributed by atoms with Crippen LogP contribution in [-0.4, -0.2) is 28.6 Å². The average molecular weight is 198 g/mol. The average Bonchev–Trinajstić information content (AvgIpc) is 2.79. The van der Waals surface area contributed by atoms with Crippen molar-refractivity contribution in [3.05, 3.63) is 0 Å².